The van der Waals surface area contributed by atoms with Gasteiger partial charge in [-0.05, 0) is 138 Å². The monoisotopic (exact) mass is 804 g/mol. The number of piperidine rings is 1. The van der Waals surface area contributed by atoms with Crippen molar-refractivity contribution in [1.29, 1.82) is 0 Å². The van der Waals surface area contributed by atoms with Gasteiger partial charge in [0, 0.05) is 60.5 Å². The van der Waals surface area contributed by atoms with Crippen molar-refractivity contribution in [2.75, 3.05) is 44.2 Å². The molecule has 2 saturated heterocycles. The van der Waals surface area contributed by atoms with Crippen molar-refractivity contribution in [3.8, 4) is 22.6 Å². The second kappa shape index (κ2) is 14.9. The van der Waals surface area contributed by atoms with Gasteiger partial charge in [-0.25, -0.2) is 23.4 Å². The summed E-state index contributed by atoms with van der Waals surface area (Å²) in [6.07, 6.45) is 10.3. The lowest BCUT2D eigenvalue weighted by Crippen LogP contribution is -2.52. The number of likely N-dealkylation sites (tertiary alicyclic amines) is 1. The number of piperazine rings is 1. The minimum atomic E-state index is -0.270. The zero-order valence-electron chi connectivity index (χ0n) is 34.8. The van der Waals surface area contributed by atoms with Gasteiger partial charge in [0.05, 0.1) is 45.7 Å². The molecular formula is C46H49FN12O. The van der Waals surface area contributed by atoms with E-state index in [1.165, 1.54) is 12.8 Å². The predicted octanol–water partition coefficient (Wildman–Crippen LogP) is 6.86. The van der Waals surface area contributed by atoms with Gasteiger partial charge < -0.3 is 15.1 Å². The standard InChI is InChI=1S/C24H26FN5.C22H23N7O/c1-4-29-7-5-17(6-8-29)21-13-19-20(25)11-18(12-23(19)27-26-21)22-10-16(3)24-9-15(2)14-30(24)28-22;1-14-9-18(26-29-11-15(2)24-21(14)29)17-10-20(30)28-12-16(3-4-19(28)25-17)27-8-7-23-22(13-27)5-6-22/h9-14,17H,4-8H2,1-3H3;3-4,9-12,23H,5-8,13H2,1-2H3. The minimum Gasteiger partial charge on any atom is -0.367 e. The molecule has 14 heteroatoms. The van der Waals surface area contributed by atoms with Crippen LogP contribution in [0.25, 0.3) is 50.4 Å². The van der Waals surface area contributed by atoms with E-state index in [1.54, 1.807) is 21.0 Å². The van der Waals surface area contributed by atoms with E-state index >= 15 is 4.39 Å². The van der Waals surface area contributed by atoms with Gasteiger partial charge >= 0.3 is 0 Å². The molecule has 9 heterocycles. The molecule has 13 nitrogen and oxygen atoms in total. The summed E-state index contributed by atoms with van der Waals surface area (Å²) in [5.41, 5.74) is 12.1. The van der Waals surface area contributed by atoms with Gasteiger partial charge in [-0.1, -0.05) is 6.92 Å². The summed E-state index contributed by atoms with van der Waals surface area (Å²) >= 11 is 0. The molecule has 7 aromatic heterocycles. The number of nitrogens with one attached hydrogen (secondary N) is 1. The summed E-state index contributed by atoms with van der Waals surface area (Å²) in [5.74, 6) is 0.0837. The van der Waals surface area contributed by atoms with Crippen molar-refractivity contribution >= 4 is 33.4 Å². The fraction of sp³-hybridized carbons (Fsp3) is 0.370. The quantitative estimate of drug-likeness (QED) is 0.197. The molecule has 11 rings (SSSR count). The molecule has 1 saturated carbocycles. The first-order chi connectivity index (χ1) is 29.0. The number of pyridine rings is 1. The van der Waals surface area contributed by atoms with Crippen molar-refractivity contribution in [2.45, 2.75) is 71.8 Å². The van der Waals surface area contributed by atoms with E-state index in [-0.39, 0.29) is 16.9 Å². The number of aromatic nitrogens is 9. The molecule has 1 aliphatic carbocycles. The molecule has 0 unspecified atom stereocenters. The number of benzene rings is 1. The number of rotatable bonds is 5. The van der Waals surface area contributed by atoms with E-state index in [1.807, 2.05) is 81.1 Å². The number of imidazole rings is 1. The second-order valence-electron chi connectivity index (χ2n) is 17.0. The Bertz CT molecular complexity index is 3010. The maximum atomic E-state index is 15.1. The molecule has 3 fully saturated rings. The molecule has 0 atom stereocenters. The van der Waals surface area contributed by atoms with Crippen molar-refractivity contribution in [1.82, 2.24) is 54.0 Å². The van der Waals surface area contributed by atoms with Gasteiger partial charge in [0.1, 0.15) is 17.2 Å². The van der Waals surface area contributed by atoms with Crippen LogP contribution < -0.4 is 15.8 Å². The number of aryl methyl sites for hydroxylation is 4. The molecule has 0 amide bonds. The largest absolute Gasteiger partial charge is 0.367 e. The highest BCUT2D eigenvalue weighted by atomic mass is 19.1. The van der Waals surface area contributed by atoms with Crippen LogP contribution in [0.4, 0.5) is 10.1 Å². The van der Waals surface area contributed by atoms with Crippen LogP contribution in [0.3, 0.4) is 0 Å². The molecule has 1 spiro atoms. The van der Waals surface area contributed by atoms with Crippen LogP contribution in [0.1, 0.15) is 66.6 Å². The van der Waals surface area contributed by atoms with Crippen molar-refractivity contribution in [3.05, 3.63) is 117 Å². The summed E-state index contributed by atoms with van der Waals surface area (Å²) in [6, 6.07) is 16.9. The highest BCUT2D eigenvalue weighted by molar-refractivity contribution is 5.84. The summed E-state index contributed by atoms with van der Waals surface area (Å²) in [4.78, 5) is 27.0. The highest BCUT2D eigenvalue weighted by Gasteiger charge is 2.45. The summed E-state index contributed by atoms with van der Waals surface area (Å²) < 4.78 is 20.4. The number of fused-ring (bicyclic) bond motifs is 4. The number of hydrogen-bond acceptors (Lipinski definition) is 10. The number of anilines is 1. The van der Waals surface area contributed by atoms with Crippen LogP contribution in [-0.4, -0.2) is 93.5 Å². The third-order valence-corrected chi connectivity index (χ3v) is 12.6. The van der Waals surface area contributed by atoms with Crippen LogP contribution in [0.5, 0.6) is 0 Å². The Morgan fingerprint density at radius 1 is 0.817 bits per heavy atom. The van der Waals surface area contributed by atoms with Crippen LogP contribution in [0.2, 0.25) is 0 Å². The molecule has 0 bridgehead atoms. The van der Waals surface area contributed by atoms with Gasteiger partial charge in [0.2, 0.25) is 0 Å². The van der Waals surface area contributed by atoms with E-state index in [4.69, 9.17) is 4.98 Å². The average Bonchev–Trinajstić information content (AvgIpc) is 3.68. The predicted molar refractivity (Wildman–Crippen MR) is 232 cm³/mol. The van der Waals surface area contributed by atoms with E-state index < -0.39 is 0 Å². The molecule has 8 aromatic rings. The van der Waals surface area contributed by atoms with E-state index in [0.29, 0.717) is 33.9 Å². The van der Waals surface area contributed by atoms with Gasteiger partial charge in [-0.3, -0.25) is 9.20 Å². The second-order valence-corrected chi connectivity index (χ2v) is 17.0. The molecule has 60 heavy (non-hydrogen) atoms. The lowest BCUT2D eigenvalue weighted by molar-refractivity contribution is 0.220. The van der Waals surface area contributed by atoms with Gasteiger partial charge in [-0.15, -0.1) is 0 Å². The SMILES string of the molecule is CCN1CCC(c2cc3c(F)cc(-c4cc(C)c5cc(C)cn5n4)cc3nn2)CC1.Cc1cn2nc(-c3cc(=O)n4cc(N5CCNC6(CC6)C5)ccc4n3)cc(C)c2n1. The Kier molecular flexibility index (Phi) is 9.43. The van der Waals surface area contributed by atoms with Crippen LogP contribution in [0, 0.1) is 33.5 Å². The van der Waals surface area contributed by atoms with Crippen LogP contribution >= 0.6 is 0 Å². The first-order valence-corrected chi connectivity index (χ1v) is 21.1. The molecule has 2 aliphatic heterocycles. The lowest BCUT2D eigenvalue weighted by Gasteiger charge is -2.35. The number of halogens is 1. The van der Waals surface area contributed by atoms with Crippen LogP contribution in [-0.2, 0) is 0 Å². The first-order valence-electron chi connectivity index (χ1n) is 21.1. The lowest BCUT2D eigenvalue weighted by atomic mass is 9.92. The zero-order valence-corrected chi connectivity index (χ0v) is 34.8. The third kappa shape index (κ3) is 7.17. The number of nitrogens with zero attached hydrogens (tertiary/aromatic N) is 11. The molecule has 1 aromatic carbocycles. The minimum absolute atomic E-state index is 0.102. The summed E-state index contributed by atoms with van der Waals surface area (Å²) in [5, 5.41) is 22.3. The maximum absolute atomic E-state index is 15.1. The van der Waals surface area contributed by atoms with Gasteiger partial charge in [0.15, 0.2) is 5.65 Å². The smallest absolute Gasteiger partial charge is 0.258 e. The van der Waals surface area contributed by atoms with Crippen molar-refractivity contribution in [2.24, 2.45) is 0 Å². The third-order valence-electron chi connectivity index (χ3n) is 12.6. The van der Waals surface area contributed by atoms with Crippen LogP contribution in [0.15, 0.2) is 78.0 Å². The van der Waals surface area contributed by atoms with E-state index in [0.717, 1.165) is 108 Å². The Labute approximate surface area is 346 Å². The molecule has 1 N–H and O–H groups in total. The fourth-order valence-corrected chi connectivity index (χ4v) is 8.98. The van der Waals surface area contributed by atoms with E-state index in [9.17, 15) is 4.79 Å². The summed E-state index contributed by atoms with van der Waals surface area (Å²) in [6.45, 7) is 16.3. The zero-order chi connectivity index (χ0) is 41.3. The normalized spacial score (nSPS) is 16.9. The Morgan fingerprint density at radius 2 is 1.62 bits per heavy atom. The Morgan fingerprint density at radius 3 is 2.42 bits per heavy atom. The average molecular weight is 805 g/mol. The van der Waals surface area contributed by atoms with E-state index in [2.05, 4.69) is 59.6 Å². The first kappa shape index (κ1) is 38.1. The van der Waals surface area contributed by atoms with Crippen molar-refractivity contribution in [3.63, 3.8) is 0 Å². The van der Waals surface area contributed by atoms with Gasteiger partial charge in [-0.2, -0.15) is 20.4 Å². The highest BCUT2D eigenvalue weighted by Crippen LogP contribution is 2.39. The maximum Gasteiger partial charge on any atom is 0.258 e. The topological polar surface area (TPSA) is 126 Å². The molecule has 0 radical (unpaired) electrons. The molecule has 3 aliphatic rings. The molecular weight excluding hydrogens is 756 g/mol. The Hall–Kier alpha value is -6.12. The summed E-state index contributed by atoms with van der Waals surface area (Å²) in [7, 11) is 0. The van der Waals surface area contributed by atoms with Crippen molar-refractivity contribution < 1.29 is 4.39 Å². The number of hydrogen-bond donors (Lipinski definition) is 1. The fourth-order valence-electron chi connectivity index (χ4n) is 8.98. The van der Waals surface area contributed by atoms with Gasteiger partial charge in [0.25, 0.3) is 5.56 Å². The molecule has 306 valence electrons. The Balaban J connectivity index is 0.000000144.